The molecule has 2 rings (SSSR count). The zero-order valence-corrected chi connectivity index (χ0v) is 12.9. The van der Waals surface area contributed by atoms with Crippen LogP contribution in [-0.4, -0.2) is 25.3 Å². The zero-order valence-electron chi connectivity index (χ0n) is 12.1. The second-order valence-electron chi connectivity index (χ2n) is 4.66. The van der Waals surface area contributed by atoms with Crippen molar-refractivity contribution in [1.82, 2.24) is 14.5 Å². The van der Waals surface area contributed by atoms with Crippen LogP contribution in [0.15, 0.2) is 29.3 Å². The fourth-order valence-electron chi connectivity index (χ4n) is 1.87. The summed E-state index contributed by atoms with van der Waals surface area (Å²) < 4.78 is 33.9. The maximum absolute atomic E-state index is 12.4. The van der Waals surface area contributed by atoms with E-state index in [1.54, 1.807) is 25.2 Å². The highest BCUT2D eigenvalue weighted by Crippen LogP contribution is 2.24. The van der Waals surface area contributed by atoms with Crippen LogP contribution in [0.1, 0.15) is 11.1 Å². The molecule has 0 fully saturated rings. The molecule has 2 aromatic rings. The summed E-state index contributed by atoms with van der Waals surface area (Å²) in [7, 11) is -0.574. The molecule has 114 valence electrons. The number of hydrogen-bond donors (Lipinski definition) is 2. The van der Waals surface area contributed by atoms with Crippen molar-refractivity contribution in [3.8, 4) is 5.75 Å². The Morgan fingerprint density at radius 3 is 2.71 bits per heavy atom. The number of nitrogens with one attached hydrogen (secondary N) is 1. The van der Waals surface area contributed by atoms with Crippen molar-refractivity contribution in [2.75, 3.05) is 12.8 Å². The number of benzene rings is 1. The number of aromatic nitrogens is 2. The molecular weight excluding hydrogens is 292 g/mol. The SMILES string of the molecule is COc1ccc(C)cc1S(=O)(=O)NCc1cnn(C)c1N. The van der Waals surface area contributed by atoms with E-state index in [9.17, 15) is 8.42 Å². The zero-order chi connectivity index (χ0) is 15.6. The number of ether oxygens (including phenoxy) is 1. The molecule has 0 spiro atoms. The Morgan fingerprint density at radius 1 is 1.43 bits per heavy atom. The molecule has 1 heterocycles. The molecular formula is C13H18N4O3S. The molecule has 0 aliphatic carbocycles. The van der Waals surface area contributed by atoms with Crippen LogP contribution in [-0.2, 0) is 23.6 Å². The third kappa shape index (κ3) is 3.17. The minimum absolute atomic E-state index is 0.0686. The van der Waals surface area contributed by atoms with Gasteiger partial charge in [0, 0.05) is 19.2 Å². The lowest BCUT2D eigenvalue weighted by atomic mass is 10.2. The maximum atomic E-state index is 12.4. The molecule has 0 bridgehead atoms. The van der Waals surface area contributed by atoms with E-state index in [1.165, 1.54) is 18.0 Å². The lowest BCUT2D eigenvalue weighted by Gasteiger charge is -2.11. The van der Waals surface area contributed by atoms with Crippen LogP contribution in [0.4, 0.5) is 5.82 Å². The van der Waals surface area contributed by atoms with E-state index in [0.29, 0.717) is 17.1 Å². The van der Waals surface area contributed by atoms with E-state index < -0.39 is 10.0 Å². The summed E-state index contributed by atoms with van der Waals surface area (Å²) in [5.74, 6) is 0.723. The fraction of sp³-hybridized carbons (Fsp3) is 0.308. The third-order valence-electron chi connectivity index (χ3n) is 3.13. The number of methoxy groups -OCH3 is 1. The number of nitrogen functional groups attached to an aromatic ring is 1. The van der Waals surface area contributed by atoms with Crippen molar-refractivity contribution in [1.29, 1.82) is 0 Å². The predicted molar refractivity (Wildman–Crippen MR) is 79.4 cm³/mol. The Labute approximate surface area is 123 Å². The smallest absolute Gasteiger partial charge is 0.244 e. The van der Waals surface area contributed by atoms with Crippen molar-refractivity contribution >= 4 is 15.8 Å². The standard InChI is InChI=1S/C13H18N4O3S/c1-9-4-5-11(20-3)12(6-9)21(18,19)16-8-10-7-15-17(2)13(10)14/h4-7,16H,8,14H2,1-3H3. The van der Waals surface area contributed by atoms with Crippen molar-refractivity contribution in [3.05, 3.63) is 35.5 Å². The molecule has 0 saturated heterocycles. The Bertz CT molecular complexity index is 753. The molecule has 3 N–H and O–H groups in total. The molecule has 1 aromatic carbocycles. The van der Waals surface area contributed by atoms with Gasteiger partial charge in [0.25, 0.3) is 0 Å². The first-order valence-electron chi connectivity index (χ1n) is 6.26. The van der Waals surface area contributed by atoms with E-state index in [0.717, 1.165) is 5.56 Å². The summed E-state index contributed by atoms with van der Waals surface area (Å²) in [5.41, 5.74) is 7.24. The van der Waals surface area contributed by atoms with E-state index in [1.807, 2.05) is 6.92 Å². The quantitative estimate of drug-likeness (QED) is 0.851. The van der Waals surface area contributed by atoms with Gasteiger partial charge in [0.05, 0.1) is 13.3 Å². The van der Waals surface area contributed by atoms with Crippen LogP contribution in [0.2, 0.25) is 0 Å². The van der Waals surface area contributed by atoms with Gasteiger partial charge in [0.2, 0.25) is 10.0 Å². The van der Waals surface area contributed by atoms with Gasteiger partial charge in [-0.25, -0.2) is 13.1 Å². The monoisotopic (exact) mass is 310 g/mol. The van der Waals surface area contributed by atoms with Gasteiger partial charge in [-0.05, 0) is 24.6 Å². The second-order valence-corrected chi connectivity index (χ2v) is 6.39. The Morgan fingerprint density at radius 2 is 2.14 bits per heavy atom. The van der Waals surface area contributed by atoms with Gasteiger partial charge in [0.15, 0.2) is 0 Å². The summed E-state index contributed by atoms with van der Waals surface area (Å²) in [6, 6.07) is 4.98. The number of sulfonamides is 1. The molecule has 7 nitrogen and oxygen atoms in total. The Kier molecular flexibility index (Phi) is 4.19. The normalized spacial score (nSPS) is 11.6. The average molecular weight is 310 g/mol. The van der Waals surface area contributed by atoms with E-state index in [4.69, 9.17) is 10.5 Å². The van der Waals surface area contributed by atoms with Gasteiger partial charge >= 0.3 is 0 Å². The number of hydrogen-bond acceptors (Lipinski definition) is 5. The highest BCUT2D eigenvalue weighted by Gasteiger charge is 2.20. The largest absolute Gasteiger partial charge is 0.495 e. The number of rotatable bonds is 5. The number of nitrogens with two attached hydrogens (primary N) is 1. The molecule has 21 heavy (non-hydrogen) atoms. The van der Waals surface area contributed by atoms with Gasteiger partial charge < -0.3 is 10.5 Å². The first-order valence-corrected chi connectivity index (χ1v) is 7.74. The van der Waals surface area contributed by atoms with Crippen LogP contribution >= 0.6 is 0 Å². The maximum Gasteiger partial charge on any atom is 0.244 e. The highest BCUT2D eigenvalue weighted by molar-refractivity contribution is 7.89. The molecule has 1 aromatic heterocycles. The molecule has 8 heteroatoms. The molecule has 0 aliphatic rings. The molecule has 0 radical (unpaired) electrons. The van der Waals surface area contributed by atoms with Crippen molar-refractivity contribution in [2.45, 2.75) is 18.4 Å². The van der Waals surface area contributed by atoms with Crippen molar-refractivity contribution < 1.29 is 13.2 Å². The van der Waals surface area contributed by atoms with Crippen LogP contribution in [0, 0.1) is 6.92 Å². The van der Waals surface area contributed by atoms with E-state index in [2.05, 4.69) is 9.82 Å². The van der Waals surface area contributed by atoms with Gasteiger partial charge in [-0.1, -0.05) is 6.07 Å². The summed E-state index contributed by atoms with van der Waals surface area (Å²) in [6.07, 6.45) is 1.53. The summed E-state index contributed by atoms with van der Waals surface area (Å²) in [5, 5.41) is 3.97. The summed E-state index contributed by atoms with van der Waals surface area (Å²) >= 11 is 0. The minimum Gasteiger partial charge on any atom is -0.495 e. The lowest BCUT2D eigenvalue weighted by Crippen LogP contribution is -2.24. The third-order valence-corrected chi connectivity index (χ3v) is 4.55. The van der Waals surface area contributed by atoms with Crippen LogP contribution in [0.5, 0.6) is 5.75 Å². The van der Waals surface area contributed by atoms with Gasteiger partial charge in [-0.3, -0.25) is 4.68 Å². The predicted octanol–water partition coefficient (Wildman–Crippen LogP) is 0.798. The van der Waals surface area contributed by atoms with Gasteiger partial charge in [-0.15, -0.1) is 0 Å². The number of aryl methyl sites for hydroxylation is 2. The molecule has 0 aliphatic heterocycles. The molecule has 0 unspecified atom stereocenters. The van der Waals surface area contributed by atoms with Crippen LogP contribution in [0.25, 0.3) is 0 Å². The molecule has 0 atom stereocenters. The lowest BCUT2D eigenvalue weighted by molar-refractivity contribution is 0.402. The highest BCUT2D eigenvalue weighted by atomic mass is 32.2. The fourth-order valence-corrected chi connectivity index (χ4v) is 3.13. The van der Waals surface area contributed by atoms with Crippen LogP contribution in [0.3, 0.4) is 0 Å². The van der Waals surface area contributed by atoms with Crippen molar-refractivity contribution in [3.63, 3.8) is 0 Å². The summed E-state index contributed by atoms with van der Waals surface area (Å²) in [4.78, 5) is 0.104. The Balaban J connectivity index is 2.27. The van der Waals surface area contributed by atoms with E-state index >= 15 is 0 Å². The van der Waals surface area contributed by atoms with Gasteiger partial charge in [0.1, 0.15) is 16.5 Å². The summed E-state index contributed by atoms with van der Waals surface area (Å²) in [6.45, 7) is 1.89. The number of nitrogens with zero attached hydrogens (tertiary/aromatic N) is 2. The minimum atomic E-state index is -3.70. The van der Waals surface area contributed by atoms with Gasteiger partial charge in [-0.2, -0.15) is 5.10 Å². The van der Waals surface area contributed by atoms with Crippen LogP contribution < -0.4 is 15.2 Å². The average Bonchev–Trinajstić information content (AvgIpc) is 2.77. The topological polar surface area (TPSA) is 99.2 Å². The molecule has 0 saturated carbocycles. The molecule has 0 amide bonds. The second kappa shape index (κ2) is 5.74. The first kappa shape index (κ1) is 15.3. The van der Waals surface area contributed by atoms with Crippen molar-refractivity contribution in [2.24, 2.45) is 7.05 Å². The first-order chi connectivity index (χ1) is 9.85. The van der Waals surface area contributed by atoms with E-state index in [-0.39, 0.29) is 11.4 Å². The number of anilines is 1. The Hall–Kier alpha value is -2.06.